The lowest BCUT2D eigenvalue weighted by Crippen LogP contribution is -2.15. The second kappa shape index (κ2) is 6.36. The molecule has 0 bridgehead atoms. The third kappa shape index (κ3) is 4.72. The molecule has 6 nitrogen and oxygen atoms in total. The second-order valence-corrected chi connectivity index (χ2v) is 5.63. The number of carboxylic acids is 1. The first kappa shape index (κ1) is 14.5. The van der Waals surface area contributed by atoms with Gasteiger partial charge in [0.25, 0.3) is 0 Å². The molecule has 0 unspecified atom stereocenters. The quantitative estimate of drug-likeness (QED) is 0.707. The van der Waals surface area contributed by atoms with Crippen molar-refractivity contribution in [2.45, 2.75) is 4.90 Å². The summed E-state index contributed by atoms with van der Waals surface area (Å²) < 4.78 is 27.8. The van der Waals surface area contributed by atoms with E-state index in [0.717, 1.165) is 6.26 Å². The molecule has 0 saturated heterocycles. The van der Waals surface area contributed by atoms with E-state index in [9.17, 15) is 13.2 Å². The fourth-order valence-electron chi connectivity index (χ4n) is 1.35. The summed E-state index contributed by atoms with van der Waals surface area (Å²) in [6.45, 7) is 0.152. The monoisotopic (exact) mass is 273 g/mol. The Morgan fingerprint density at radius 3 is 2.67 bits per heavy atom. The molecular formula is C11H15NO5S. The molecule has 0 fully saturated rings. The predicted octanol–water partition coefficient (Wildman–Crippen LogP) is 0.603. The molecule has 2 N–H and O–H groups in total. The number of hydrogen-bond donors (Lipinski definition) is 2. The van der Waals surface area contributed by atoms with Gasteiger partial charge in [-0.1, -0.05) is 12.1 Å². The molecule has 0 aliphatic carbocycles. The molecule has 0 spiro atoms. The smallest absolute Gasteiger partial charge is 0.329 e. The molecule has 18 heavy (non-hydrogen) atoms. The van der Waals surface area contributed by atoms with E-state index in [1.807, 2.05) is 0 Å². The van der Waals surface area contributed by atoms with Gasteiger partial charge in [0.1, 0.15) is 6.61 Å². The molecule has 0 amide bonds. The van der Waals surface area contributed by atoms with Crippen molar-refractivity contribution >= 4 is 21.5 Å². The Bertz CT molecular complexity index is 512. The van der Waals surface area contributed by atoms with Crippen LogP contribution >= 0.6 is 0 Å². The van der Waals surface area contributed by atoms with Crippen LogP contribution in [0.2, 0.25) is 0 Å². The number of aliphatic carboxylic acids is 1. The van der Waals surface area contributed by atoms with Gasteiger partial charge in [0.15, 0.2) is 9.84 Å². The van der Waals surface area contributed by atoms with E-state index >= 15 is 0 Å². The zero-order chi connectivity index (χ0) is 13.6. The Labute approximate surface area is 106 Å². The number of nitrogens with one attached hydrogen (secondary N) is 1. The largest absolute Gasteiger partial charge is 0.480 e. The number of rotatable bonds is 7. The average molecular weight is 273 g/mol. The van der Waals surface area contributed by atoms with Gasteiger partial charge in [-0.15, -0.1) is 0 Å². The van der Waals surface area contributed by atoms with Gasteiger partial charge in [0, 0.05) is 12.8 Å². The maximum Gasteiger partial charge on any atom is 0.329 e. The summed E-state index contributed by atoms with van der Waals surface area (Å²) in [6.07, 6.45) is 1.13. The summed E-state index contributed by atoms with van der Waals surface area (Å²) in [5.74, 6) is -1.04. The van der Waals surface area contributed by atoms with Crippen LogP contribution in [0.4, 0.5) is 5.69 Å². The molecule has 0 aliphatic rings. The average Bonchev–Trinajstić information content (AvgIpc) is 2.27. The topological polar surface area (TPSA) is 92.7 Å². The fraction of sp³-hybridized carbons (Fsp3) is 0.364. The standard InChI is InChI=1S/C11H15NO5S/c1-18(15,16)10-5-3-2-4-9(10)12-6-7-17-8-11(13)14/h2-5,12H,6-8H2,1H3,(H,13,14). The van der Waals surface area contributed by atoms with Gasteiger partial charge < -0.3 is 15.2 Å². The fourth-order valence-corrected chi connectivity index (χ4v) is 2.22. The Morgan fingerprint density at radius 1 is 1.39 bits per heavy atom. The summed E-state index contributed by atoms with van der Waals surface area (Å²) in [5, 5.41) is 11.3. The number of para-hydroxylation sites is 1. The minimum atomic E-state index is -3.29. The molecule has 0 aliphatic heterocycles. The van der Waals surface area contributed by atoms with Gasteiger partial charge in [0.2, 0.25) is 0 Å². The number of sulfone groups is 1. The van der Waals surface area contributed by atoms with Crippen molar-refractivity contribution in [3.8, 4) is 0 Å². The van der Waals surface area contributed by atoms with Gasteiger partial charge in [-0.05, 0) is 12.1 Å². The minimum Gasteiger partial charge on any atom is -0.480 e. The third-order valence-electron chi connectivity index (χ3n) is 2.07. The first-order valence-corrected chi connectivity index (χ1v) is 7.13. The van der Waals surface area contributed by atoms with E-state index in [0.29, 0.717) is 12.2 Å². The lowest BCUT2D eigenvalue weighted by atomic mass is 10.3. The molecule has 0 radical (unpaired) electrons. The number of hydrogen-bond acceptors (Lipinski definition) is 5. The van der Waals surface area contributed by atoms with Crippen molar-refractivity contribution in [2.75, 3.05) is 31.3 Å². The molecule has 0 aromatic heterocycles. The summed E-state index contributed by atoms with van der Waals surface area (Å²) >= 11 is 0. The minimum absolute atomic E-state index is 0.185. The molecule has 7 heteroatoms. The van der Waals surface area contributed by atoms with E-state index in [1.54, 1.807) is 18.2 Å². The number of benzene rings is 1. The molecule has 1 aromatic rings. The summed E-state index contributed by atoms with van der Waals surface area (Å²) in [4.78, 5) is 10.4. The highest BCUT2D eigenvalue weighted by molar-refractivity contribution is 7.90. The molecule has 1 aromatic carbocycles. The molecule has 0 saturated carbocycles. The maximum absolute atomic E-state index is 11.5. The van der Waals surface area contributed by atoms with Crippen molar-refractivity contribution in [1.29, 1.82) is 0 Å². The number of carbonyl (C=O) groups is 1. The second-order valence-electron chi connectivity index (χ2n) is 3.64. The highest BCUT2D eigenvalue weighted by Crippen LogP contribution is 2.19. The van der Waals surface area contributed by atoms with Crippen LogP contribution in [0.3, 0.4) is 0 Å². The normalized spacial score (nSPS) is 11.2. The SMILES string of the molecule is CS(=O)(=O)c1ccccc1NCCOCC(=O)O. The molecule has 1 rings (SSSR count). The van der Waals surface area contributed by atoms with Crippen LogP contribution in [-0.4, -0.2) is 45.5 Å². The number of anilines is 1. The van der Waals surface area contributed by atoms with Gasteiger partial charge >= 0.3 is 5.97 Å². The van der Waals surface area contributed by atoms with Crippen molar-refractivity contribution in [3.63, 3.8) is 0 Å². The zero-order valence-corrected chi connectivity index (χ0v) is 10.7. The van der Waals surface area contributed by atoms with Crippen LogP contribution in [-0.2, 0) is 19.4 Å². The van der Waals surface area contributed by atoms with E-state index in [2.05, 4.69) is 5.32 Å². The predicted molar refractivity (Wildman–Crippen MR) is 66.5 cm³/mol. The first-order valence-electron chi connectivity index (χ1n) is 5.24. The van der Waals surface area contributed by atoms with Gasteiger partial charge in [-0.2, -0.15) is 0 Å². The van der Waals surface area contributed by atoms with E-state index < -0.39 is 15.8 Å². The Morgan fingerprint density at radius 2 is 2.06 bits per heavy atom. The van der Waals surface area contributed by atoms with E-state index in [-0.39, 0.29) is 18.1 Å². The third-order valence-corrected chi connectivity index (χ3v) is 3.23. The van der Waals surface area contributed by atoms with Crippen LogP contribution in [0, 0.1) is 0 Å². The Balaban J connectivity index is 2.55. The maximum atomic E-state index is 11.5. The zero-order valence-electron chi connectivity index (χ0n) is 9.92. The number of ether oxygens (including phenoxy) is 1. The van der Waals surface area contributed by atoms with Crippen LogP contribution in [0.1, 0.15) is 0 Å². The van der Waals surface area contributed by atoms with Crippen molar-refractivity contribution in [3.05, 3.63) is 24.3 Å². The molecule has 100 valence electrons. The highest BCUT2D eigenvalue weighted by atomic mass is 32.2. The summed E-state index contributed by atoms with van der Waals surface area (Å²) in [5.41, 5.74) is 0.485. The number of carboxylic acid groups (broad SMARTS) is 1. The first-order chi connectivity index (χ1) is 8.41. The van der Waals surface area contributed by atoms with Crippen molar-refractivity contribution in [1.82, 2.24) is 0 Å². The van der Waals surface area contributed by atoms with Gasteiger partial charge in [0.05, 0.1) is 17.2 Å². The summed E-state index contributed by atoms with van der Waals surface area (Å²) in [7, 11) is -3.29. The highest BCUT2D eigenvalue weighted by Gasteiger charge is 2.11. The van der Waals surface area contributed by atoms with Gasteiger partial charge in [-0.3, -0.25) is 0 Å². The van der Waals surface area contributed by atoms with Crippen LogP contribution in [0.25, 0.3) is 0 Å². The van der Waals surface area contributed by atoms with Gasteiger partial charge in [-0.25, -0.2) is 13.2 Å². The Hall–Kier alpha value is -1.60. The lowest BCUT2D eigenvalue weighted by Gasteiger charge is -2.10. The van der Waals surface area contributed by atoms with Crippen LogP contribution < -0.4 is 5.32 Å². The molecule has 0 heterocycles. The van der Waals surface area contributed by atoms with Crippen molar-refractivity contribution in [2.24, 2.45) is 0 Å². The van der Waals surface area contributed by atoms with Crippen molar-refractivity contribution < 1.29 is 23.1 Å². The molecular weight excluding hydrogens is 258 g/mol. The molecule has 0 atom stereocenters. The van der Waals surface area contributed by atoms with Crippen LogP contribution in [0.15, 0.2) is 29.2 Å². The van der Waals surface area contributed by atoms with Crippen LogP contribution in [0.5, 0.6) is 0 Å². The summed E-state index contributed by atoms with van der Waals surface area (Å²) in [6, 6.07) is 6.51. The van der Waals surface area contributed by atoms with E-state index in [1.165, 1.54) is 6.07 Å². The Kier molecular flexibility index (Phi) is 5.11. The lowest BCUT2D eigenvalue weighted by molar-refractivity contribution is -0.142. The van der Waals surface area contributed by atoms with E-state index in [4.69, 9.17) is 9.84 Å².